The number of fused-ring (bicyclic) bond motifs is 1. The summed E-state index contributed by atoms with van der Waals surface area (Å²) in [4.78, 5) is 15.1. The van der Waals surface area contributed by atoms with Gasteiger partial charge in [0.05, 0.1) is 10.6 Å². The second kappa shape index (κ2) is 10.2. The molecule has 0 saturated carbocycles. The molecule has 6 heteroatoms. The number of carbonyl (C=O) groups is 1. The molecule has 5 nitrogen and oxygen atoms in total. The first-order valence-electron chi connectivity index (χ1n) is 11.8. The van der Waals surface area contributed by atoms with E-state index in [0.29, 0.717) is 17.5 Å². The van der Waals surface area contributed by atoms with E-state index < -0.39 is 9.84 Å². The van der Waals surface area contributed by atoms with Gasteiger partial charge in [-0.15, -0.1) is 0 Å². The van der Waals surface area contributed by atoms with Crippen molar-refractivity contribution in [1.82, 2.24) is 10.2 Å². The number of piperidine rings is 1. The van der Waals surface area contributed by atoms with Crippen LogP contribution in [0.2, 0.25) is 0 Å². The molecule has 1 heterocycles. The molecule has 1 fully saturated rings. The third kappa shape index (κ3) is 5.78. The zero-order valence-corrected chi connectivity index (χ0v) is 19.8. The number of benzene rings is 2. The smallest absolute Gasteiger partial charge is 0.221 e. The number of carbonyl (C=O) groups excluding carboxylic acids is 1. The van der Waals surface area contributed by atoms with E-state index in [0.717, 1.165) is 43.5 Å². The van der Waals surface area contributed by atoms with Gasteiger partial charge in [-0.3, -0.25) is 9.69 Å². The number of likely N-dealkylation sites (tertiary alicyclic amines) is 1. The van der Waals surface area contributed by atoms with Crippen LogP contribution in [0.25, 0.3) is 0 Å². The minimum absolute atomic E-state index is 0.0235. The standard InChI is InChI=1S/C26H34N2O3S/c1-20-5-2-3-15-28(20)19-22-10-8-21(9-11-22)18-27-26(29)14-16-32(30,31)25-13-12-23-6-4-7-24(23)17-25/h8-13,17,20H,2-7,14-16,18-19H2,1H3,(H,27,29). The van der Waals surface area contributed by atoms with Gasteiger partial charge in [0.2, 0.25) is 5.91 Å². The van der Waals surface area contributed by atoms with Gasteiger partial charge in [-0.1, -0.05) is 36.8 Å². The second-order valence-corrected chi connectivity index (χ2v) is 11.4. The van der Waals surface area contributed by atoms with E-state index in [-0.39, 0.29) is 18.1 Å². The molecule has 1 aliphatic heterocycles. The minimum atomic E-state index is -3.45. The van der Waals surface area contributed by atoms with Gasteiger partial charge < -0.3 is 5.32 Å². The Morgan fingerprint density at radius 2 is 1.75 bits per heavy atom. The van der Waals surface area contributed by atoms with Crippen molar-refractivity contribution < 1.29 is 13.2 Å². The fourth-order valence-electron chi connectivity index (χ4n) is 4.77. The van der Waals surface area contributed by atoms with Crippen LogP contribution in [0.1, 0.15) is 61.3 Å². The Balaban J connectivity index is 1.24. The summed E-state index contributed by atoms with van der Waals surface area (Å²) < 4.78 is 25.3. The van der Waals surface area contributed by atoms with Crippen LogP contribution in [0.15, 0.2) is 47.4 Å². The molecule has 0 aromatic heterocycles. The zero-order chi connectivity index (χ0) is 22.6. The molecule has 0 spiro atoms. The van der Waals surface area contributed by atoms with E-state index in [1.165, 1.54) is 30.4 Å². The molecule has 1 atom stereocenters. The number of sulfone groups is 1. The molecule has 0 bridgehead atoms. The van der Waals surface area contributed by atoms with Crippen LogP contribution in [-0.4, -0.2) is 37.6 Å². The Labute approximate surface area is 192 Å². The monoisotopic (exact) mass is 454 g/mol. The Hall–Kier alpha value is -2.18. The summed E-state index contributed by atoms with van der Waals surface area (Å²) in [5, 5.41) is 2.86. The Bertz CT molecular complexity index is 1050. The zero-order valence-electron chi connectivity index (χ0n) is 19.0. The maximum absolute atomic E-state index is 12.7. The molecular formula is C26H34N2O3S. The first-order chi connectivity index (χ1) is 15.4. The molecule has 1 saturated heterocycles. The first-order valence-corrected chi connectivity index (χ1v) is 13.5. The third-order valence-electron chi connectivity index (χ3n) is 6.87. The lowest BCUT2D eigenvalue weighted by molar-refractivity contribution is -0.120. The maximum Gasteiger partial charge on any atom is 0.221 e. The van der Waals surface area contributed by atoms with E-state index in [1.54, 1.807) is 12.1 Å². The van der Waals surface area contributed by atoms with Gasteiger partial charge in [-0.25, -0.2) is 8.42 Å². The molecular weight excluding hydrogens is 420 g/mol. The lowest BCUT2D eigenvalue weighted by Gasteiger charge is -2.33. The maximum atomic E-state index is 12.7. The molecule has 1 amide bonds. The number of hydrogen-bond acceptors (Lipinski definition) is 4. The van der Waals surface area contributed by atoms with Crippen LogP contribution in [0.4, 0.5) is 0 Å². The van der Waals surface area contributed by atoms with E-state index in [4.69, 9.17) is 0 Å². The summed E-state index contributed by atoms with van der Waals surface area (Å²) in [7, 11) is -3.45. The fraction of sp³-hybridized carbons (Fsp3) is 0.500. The molecule has 1 unspecified atom stereocenters. The highest BCUT2D eigenvalue weighted by Gasteiger charge is 2.20. The van der Waals surface area contributed by atoms with Gasteiger partial charge in [0.1, 0.15) is 0 Å². The van der Waals surface area contributed by atoms with Gasteiger partial charge in [-0.05, 0) is 80.0 Å². The van der Waals surface area contributed by atoms with Crippen molar-refractivity contribution >= 4 is 15.7 Å². The average molecular weight is 455 g/mol. The van der Waals surface area contributed by atoms with Gasteiger partial charge in [-0.2, -0.15) is 0 Å². The summed E-state index contributed by atoms with van der Waals surface area (Å²) in [5.41, 5.74) is 4.69. The number of hydrogen-bond donors (Lipinski definition) is 1. The normalized spacial score (nSPS) is 19.0. The van der Waals surface area contributed by atoms with E-state index in [1.807, 2.05) is 18.2 Å². The van der Waals surface area contributed by atoms with Gasteiger partial charge in [0.25, 0.3) is 0 Å². The topological polar surface area (TPSA) is 66.5 Å². The van der Waals surface area contributed by atoms with Gasteiger partial charge >= 0.3 is 0 Å². The molecule has 1 aliphatic carbocycles. The number of rotatable bonds is 8. The van der Waals surface area contributed by atoms with Crippen molar-refractivity contribution in [2.75, 3.05) is 12.3 Å². The van der Waals surface area contributed by atoms with Crippen molar-refractivity contribution in [3.8, 4) is 0 Å². The van der Waals surface area contributed by atoms with Crippen molar-refractivity contribution in [3.63, 3.8) is 0 Å². The number of aryl methyl sites for hydroxylation is 2. The highest BCUT2D eigenvalue weighted by molar-refractivity contribution is 7.91. The van der Waals surface area contributed by atoms with E-state index in [9.17, 15) is 13.2 Å². The lowest BCUT2D eigenvalue weighted by Crippen LogP contribution is -2.36. The molecule has 2 aromatic carbocycles. The van der Waals surface area contributed by atoms with Crippen molar-refractivity contribution in [2.45, 2.75) is 75.9 Å². The Morgan fingerprint density at radius 1 is 1.00 bits per heavy atom. The van der Waals surface area contributed by atoms with Gasteiger partial charge in [0, 0.05) is 25.6 Å². The molecule has 4 rings (SSSR count). The predicted octanol–water partition coefficient (Wildman–Crippen LogP) is 4.03. The number of nitrogens with one attached hydrogen (secondary N) is 1. The largest absolute Gasteiger partial charge is 0.352 e. The molecule has 172 valence electrons. The summed E-state index contributed by atoms with van der Waals surface area (Å²) in [6, 6.07) is 14.4. The lowest BCUT2D eigenvalue weighted by atomic mass is 10.0. The van der Waals surface area contributed by atoms with Crippen LogP contribution in [0.3, 0.4) is 0 Å². The summed E-state index contributed by atoms with van der Waals surface area (Å²) in [6.07, 6.45) is 6.89. The van der Waals surface area contributed by atoms with E-state index >= 15 is 0 Å². The Morgan fingerprint density at radius 3 is 2.53 bits per heavy atom. The number of nitrogens with zero attached hydrogens (tertiary/aromatic N) is 1. The van der Waals surface area contributed by atoms with Crippen LogP contribution in [0.5, 0.6) is 0 Å². The first kappa shape index (κ1) is 23.0. The molecule has 32 heavy (non-hydrogen) atoms. The minimum Gasteiger partial charge on any atom is -0.352 e. The van der Waals surface area contributed by atoms with Crippen LogP contribution in [-0.2, 0) is 40.6 Å². The van der Waals surface area contributed by atoms with Crippen LogP contribution in [0, 0.1) is 0 Å². The number of amides is 1. The summed E-state index contributed by atoms with van der Waals surface area (Å²) in [6.45, 7) is 4.84. The molecule has 2 aromatic rings. The quantitative estimate of drug-likeness (QED) is 0.654. The third-order valence-corrected chi connectivity index (χ3v) is 8.58. The van der Waals surface area contributed by atoms with Gasteiger partial charge in [0.15, 0.2) is 9.84 Å². The predicted molar refractivity (Wildman–Crippen MR) is 127 cm³/mol. The Kier molecular flexibility index (Phi) is 7.31. The summed E-state index contributed by atoms with van der Waals surface area (Å²) in [5.74, 6) is -0.397. The second-order valence-electron chi connectivity index (χ2n) is 9.26. The van der Waals surface area contributed by atoms with Crippen molar-refractivity contribution in [3.05, 3.63) is 64.7 Å². The highest BCUT2D eigenvalue weighted by atomic mass is 32.2. The van der Waals surface area contributed by atoms with Crippen LogP contribution < -0.4 is 5.32 Å². The molecule has 2 aliphatic rings. The SMILES string of the molecule is CC1CCCCN1Cc1ccc(CNC(=O)CCS(=O)(=O)c2ccc3c(c2)CCC3)cc1. The van der Waals surface area contributed by atoms with Crippen molar-refractivity contribution in [1.29, 1.82) is 0 Å². The van der Waals surface area contributed by atoms with Crippen molar-refractivity contribution in [2.24, 2.45) is 0 Å². The summed E-state index contributed by atoms with van der Waals surface area (Å²) >= 11 is 0. The van der Waals surface area contributed by atoms with E-state index in [2.05, 4.69) is 29.3 Å². The highest BCUT2D eigenvalue weighted by Crippen LogP contribution is 2.25. The molecule has 0 radical (unpaired) electrons. The molecule has 1 N–H and O–H groups in total. The fourth-order valence-corrected chi connectivity index (χ4v) is 6.05. The average Bonchev–Trinajstić information content (AvgIpc) is 3.27. The van der Waals surface area contributed by atoms with Crippen LogP contribution >= 0.6 is 0 Å².